The number of likely N-dealkylation sites (tertiary alicyclic amines) is 1. The zero-order valence-corrected chi connectivity index (χ0v) is 18.7. The molecular formula is C28H35N3. The van der Waals surface area contributed by atoms with Crippen molar-refractivity contribution in [3.05, 3.63) is 102 Å². The number of anilines is 1. The van der Waals surface area contributed by atoms with Gasteiger partial charge in [0, 0.05) is 50.5 Å². The van der Waals surface area contributed by atoms with Gasteiger partial charge in [-0.25, -0.2) is 0 Å². The molecule has 0 aromatic heterocycles. The summed E-state index contributed by atoms with van der Waals surface area (Å²) in [5.74, 6) is 0. The second-order valence-corrected chi connectivity index (χ2v) is 8.81. The highest BCUT2D eigenvalue weighted by atomic mass is 15.2. The fourth-order valence-electron chi connectivity index (χ4n) is 4.52. The summed E-state index contributed by atoms with van der Waals surface area (Å²) in [6.45, 7) is 7.82. The van der Waals surface area contributed by atoms with Gasteiger partial charge < -0.3 is 10.2 Å². The number of hydrogen-bond donors (Lipinski definition) is 1. The van der Waals surface area contributed by atoms with Crippen LogP contribution in [0.15, 0.2) is 91.0 Å². The second kappa shape index (κ2) is 11.1. The van der Waals surface area contributed by atoms with Gasteiger partial charge in [-0.3, -0.25) is 4.90 Å². The Morgan fingerprint density at radius 2 is 1.26 bits per heavy atom. The van der Waals surface area contributed by atoms with Gasteiger partial charge in [0.1, 0.15) is 0 Å². The Kier molecular flexibility index (Phi) is 7.76. The van der Waals surface area contributed by atoms with Gasteiger partial charge in [-0.05, 0) is 43.0 Å². The first kappa shape index (κ1) is 21.6. The van der Waals surface area contributed by atoms with Crippen LogP contribution in [0.3, 0.4) is 0 Å². The highest BCUT2D eigenvalue weighted by Crippen LogP contribution is 2.19. The highest BCUT2D eigenvalue weighted by molar-refractivity contribution is 5.43. The maximum atomic E-state index is 3.71. The van der Waals surface area contributed by atoms with Crippen molar-refractivity contribution in [2.45, 2.75) is 44.9 Å². The van der Waals surface area contributed by atoms with Crippen LogP contribution in [0.1, 0.15) is 30.9 Å². The molecule has 0 radical (unpaired) electrons. The lowest BCUT2D eigenvalue weighted by Gasteiger charge is -2.37. The zero-order valence-electron chi connectivity index (χ0n) is 18.7. The van der Waals surface area contributed by atoms with E-state index in [-0.39, 0.29) is 0 Å². The van der Waals surface area contributed by atoms with Crippen molar-refractivity contribution in [3.63, 3.8) is 0 Å². The van der Waals surface area contributed by atoms with E-state index in [0.717, 1.165) is 19.6 Å². The fraction of sp³-hybridized carbons (Fsp3) is 0.357. The van der Waals surface area contributed by atoms with Crippen LogP contribution in [0.5, 0.6) is 0 Å². The quantitative estimate of drug-likeness (QED) is 0.489. The van der Waals surface area contributed by atoms with E-state index in [0.29, 0.717) is 12.1 Å². The third-order valence-electron chi connectivity index (χ3n) is 6.33. The van der Waals surface area contributed by atoms with Crippen molar-refractivity contribution in [3.8, 4) is 0 Å². The van der Waals surface area contributed by atoms with Crippen molar-refractivity contribution >= 4 is 5.69 Å². The number of hydrogen-bond acceptors (Lipinski definition) is 3. The molecule has 162 valence electrons. The standard InChI is InChI=1S/C28H35N3/c1-24(21-30-19-17-28(18-20-30)29-27-15-9-4-10-16-27)31(22-25-11-5-2-6-12-25)23-26-13-7-3-8-14-26/h2-16,24,28-29H,17-23H2,1H3/t24-/m0/s1. The number of rotatable bonds is 9. The molecule has 1 aliphatic rings. The molecule has 4 rings (SSSR count). The molecule has 0 amide bonds. The summed E-state index contributed by atoms with van der Waals surface area (Å²) >= 11 is 0. The van der Waals surface area contributed by atoms with E-state index < -0.39 is 0 Å². The minimum absolute atomic E-state index is 0.499. The molecule has 1 fully saturated rings. The van der Waals surface area contributed by atoms with Crippen molar-refractivity contribution in [2.24, 2.45) is 0 Å². The first-order valence-electron chi connectivity index (χ1n) is 11.6. The van der Waals surface area contributed by atoms with Gasteiger partial charge in [-0.15, -0.1) is 0 Å². The van der Waals surface area contributed by atoms with Gasteiger partial charge in [0.2, 0.25) is 0 Å². The Labute approximate surface area is 187 Å². The molecular weight excluding hydrogens is 378 g/mol. The fourth-order valence-corrected chi connectivity index (χ4v) is 4.52. The topological polar surface area (TPSA) is 18.5 Å². The lowest BCUT2D eigenvalue weighted by Crippen LogP contribution is -2.46. The molecule has 0 bridgehead atoms. The van der Waals surface area contributed by atoms with E-state index in [1.807, 2.05) is 0 Å². The first-order chi connectivity index (χ1) is 15.3. The van der Waals surface area contributed by atoms with Gasteiger partial charge in [-0.2, -0.15) is 0 Å². The highest BCUT2D eigenvalue weighted by Gasteiger charge is 2.23. The van der Waals surface area contributed by atoms with Crippen LogP contribution in [0, 0.1) is 0 Å². The molecule has 1 atom stereocenters. The minimum Gasteiger partial charge on any atom is -0.382 e. The average molecular weight is 414 g/mol. The molecule has 3 aromatic rings. The van der Waals surface area contributed by atoms with E-state index in [1.165, 1.54) is 42.7 Å². The summed E-state index contributed by atoms with van der Waals surface area (Å²) < 4.78 is 0. The Bertz CT molecular complexity index is 832. The summed E-state index contributed by atoms with van der Waals surface area (Å²) in [5.41, 5.74) is 4.01. The van der Waals surface area contributed by atoms with Gasteiger partial charge in [0.05, 0.1) is 0 Å². The van der Waals surface area contributed by atoms with Gasteiger partial charge in [0.25, 0.3) is 0 Å². The molecule has 0 aliphatic carbocycles. The van der Waals surface area contributed by atoms with Crippen molar-refractivity contribution in [1.82, 2.24) is 9.80 Å². The maximum absolute atomic E-state index is 3.71. The molecule has 31 heavy (non-hydrogen) atoms. The second-order valence-electron chi connectivity index (χ2n) is 8.81. The minimum atomic E-state index is 0.499. The summed E-state index contributed by atoms with van der Waals surface area (Å²) in [6, 6.07) is 33.4. The SMILES string of the molecule is C[C@@H](CN1CCC(Nc2ccccc2)CC1)N(Cc1ccccc1)Cc1ccccc1. The van der Waals surface area contributed by atoms with Crippen LogP contribution in [-0.2, 0) is 13.1 Å². The van der Waals surface area contributed by atoms with Crippen LogP contribution < -0.4 is 5.32 Å². The molecule has 1 N–H and O–H groups in total. The maximum Gasteiger partial charge on any atom is 0.0342 e. The molecule has 0 spiro atoms. The molecule has 1 aliphatic heterocycles. The van der Waals surface area contributed by atoms with Crippen molar-refractivity contribution < 1.29 is 0 Å². The normalized spacial score (nSPS) is 16.3. The Morgan fingerprint density at radius 3 is 1.77 bits per heavy atom. The number of para-hydroxylation sites is 1. The van der Waals surface area contributed by atoms with E-state index in [4.69, 9.17) is 0 Å². The third-order valence-corrected chi connectivity index (χ3v) is 6.33. The smallest absolute Gasteiger partial charge is 0.0342 e. The van der Waals surface area contributed by atoms with Crippen molar-refractivity contribution in [2.75, 3.05) is 25.0 Å². The molecule has 0 unspecified atom stereocenters. The number of benzene rings is 3. The molecule has 0 saturated carbocycles. The van der Waals surface area contributed by atoms with Gasteiger partial charge in [-0.1, -0.05) is 78.9 Å². The Hall–Kier alpha value is -2.62. The van der Waals surface area contributed by atoms with Crippen LogP contribution in [0.2, 0.25) is 0 Å². The summed E-state index contributed by atoms with van der Waals surface area (Å²) in [4.78, 5) is 5.27. The monoisotopic (exact) mass is 413 g/mol. The van der Waals surface area contributed by atoms with E-state index in [1.54, 1.807) is 0 Å². The van der Waals surface area contributed by atoms with Crippen LogP contribution >= 0.6 is 0 Å². The third kappa shape index (κ3) is 6.68. The lowest BCUT2D eigenvalue weighted by atomic mass is 10.0. The Morgan fingerprint density at radius 1 is 0.774 bits per heavy atom. The predicted octanol–water partition coefficient (Wildman–Crippen LogP) is 5.65. The van der Waals surface area contributed by atoms with E-state index in [9.17, 15) is 0 Å². The van der Waals surface area contributed by atoms with Crippen molar-refractivity contribution in [1.29, 1.82) is 0 Å². The summed E-state index contributed by atoms with van der Waals surface area (Å²) in [5, 5.41) is 3.71. The molecule has 3 aromatic carbocycles. The summed E-state index contributed by atoms with van der Waals surface area (Å²) in [6.07, 6.45) is 2.41. The lowest BCUT2D eigenvalue weighted by molar-refractivity contribution is 0.120. The number of nitrogens with one attached hydrogen (secondary N) is 1. The average Bonchev–Trinajstić information content (AvgIpc) is 2.82. The summed E-state index contributed by atoms with van der Waals surface area (Å²) in [7, 11) is 0. The first-order valence-corrected chi connectivity index (χ1v) is 11.6. The van der Waals surface area contributed by atoms with Crippen LogP contribution in [0.4, 0.5) is 5.69 Å². The largest absolute Gasteiger partial charge is 0.382 e. The number of piperidine rings is 1. The van der Waals surface area contributed by atoms with Gasteiger partial charge in [0.15, 0.2) is 0 Å². The van der Waals surface area contributed by atoms with Gasteiger partial charge >= 0.3 is 0 Å². The number of nitrogens with zero attached hydrogens (tertiary/aromatic N) is 2. The van der Waals surface area contributed by atoms with Crippen LogP contribution in [-0.4, -0.2) is 41.5 Å². The Balaban J connectivity index is 1.33. The van der Waals surface area contributed by atoms with E-state index in [2.05, 4.69) is 113 Å². The molecule has 1 saturated heterocycles. The van der Waals surface area contributed by atoms with E-state index >= 15 is 0 Å². The van der Waals surface area contributed by atoms with Crippen LogP contribution in [0.25, 0.3) is 0 Å². The molecule has 1 heterocycles. The zero-order chi connectivity index (χ0) is 21.3. The predicted molar refractivity (Wildman–Crippen MR) is 131 cm³/mol. The molecule has 3 heteroatoms. The molecule has 3 nitrogen and oxygen atoms in total.